The summed E-state index contributed by atoms with van der Waals surface area (Å²) < 4.78 is 16.2. The number of hydrogen-bond acceptors (Lipinski definition) is 4. The lowest BCUT2D eigenvalue weighted by Gasteiger charge is -2.15. The third kappa shape index (κ3) is 5.46. The molecule has 0 fully saturated rings. The Kier molecular flexibility index (Phi) is 6.94. The van der Waals surface area contributed by atoms with Gasteiger partial charge in [0.25, 0.3) is 0 Å². The number of carbonyl (C=O) groups is 1. The first-order chi connectivity index (χ1) is 11.7. The molecule has 0 saturated carbocycles. The molecule has 126 valence electrons. The first-order valence-corrected chi connectivity index (χ1v) is 7.88. The molecular weight excluding hydrogens is 305 g/mol. The highest BCUT2D eigenvalue weighted by Gasteiger charge is 2.17. The minimum atomic E-state index is 0.374. The van der Waals surface area contributed by atoms with Gasteiger partial charge in [-0.05, 0) is 30.2 Å². The predicted molar refractivity (Wildman–Crippen MR) is 92.8 cm³/mol. The second kappa shape index (κ2) is 9.18. The monoisotopic (exact) mass is 327 g/mol. The average molecular weight is 327 g/mol. The zero-order chi connectivity index (χ0) is 17.4. The van der Waals surface area contributed by atoms with Gasteiger partial charge in [0.15, 0.2) is 0 Å². The van der Waals surface area contributed by atoms with Crippen molar-refractivity contribution in [2.75, 3.05) is 20.3 Å². The van der Waals surface area contributed by atoms with E-state index in [1.165, 1.54) is 6.26 Å². The zero-order valence-electron chi connectivity index (χ0n) is 14.2. The van der Waals surface area contributed by atoms with Gasteiger partial charge < -0.3 is 18.8 Å². The third-order valence-corrected chi connectivity index (χ3v) is 3.63. The molecule has 0 bridgehead atoms. The summed E-state index contributed by atoms with van der Waals surface area (Å²) in [6.45, 7) is 3.48. The highest BCUT2D eigenvalue weighted by atomic mass is 16.5. The summed E-state index contributed by atoms with van der Waals surface area (Å²) >= 11 is 0. The topological polar surface area (TPSA) is 51.9 Å². The Balaban J connectivity index is 2.30. The molecule has 1 aromatic rings. The molecule has 5 nitrogen and oxygen atoms in total. The molecule has 0 atom stereocenters. The lowest BCUT2D eigenvalue weighted by atomic mass is 9.93. The molecule has 2 radical (unpaired) electrons. The predicted octanol–water partition coefficient (Wildman–Crippen LogP) is 2.17. The zero-order valence-corrected chi connectivity index (χ0v) is 14.2. The van der Waals surface area contributed by atoms with E-state index in [9.17, 15) is 4.79 Å². The molecule has 0 aliphatic heterocycles. The van der Waals surface area contributed by atoms with Crippen LogP contribution in [0, 0.1) is 6.92 Å². The molecule has 1 heterocycles. The molecule has 1 aromatic heterocycles. The fourth-order valence-corrected chi connectivity index (χ4v) is 2.12. The molecule has 0 spiro atoms. The summed E-state index contributed by atoms with van der Waals surface area (Å²) in [6, 6.07) is 3.68. The normalized spacial score (nSPS) is 12.2. The Morgan fingerprint density at radius 3 is 2.88 bits per heavy atom. The lowest BCUT2D eigenvalue weighted by molar-refractivity contribution is -0.116. The van der Waals surface area contributed by atoms with E-state index in [1.807, 2.05) is 25.1 Å². The second-order valence-electron chi connectivity index (χ2n) is 5.56. The van der Waals surface area contributed by atoms with E-state index in [-0.39, 0.29) is 0 Å². The van der Waals surface area contributed by atoms with E-state index in [1.54, 1.807) is 18.3 Å². The van der Waals surface area contributed by atoms with Crippen LogP contribution in [0.3, 0.4) is 0 Å². The van der Waals surface area contributed by atoms with E-state index in [4.69, 9.17) is 21.7 Å². The molecule has 24 heavy (non-hydrogen) atoms. The van der Waals surface area contributed by atoms with E-state index in [0.29, 0.717) is 31.0 Å². The van der Waals surface area contributed by atoms with Crippen molar-refractivity contribution < 1.29 is 18.7 Å². The number of carbonyl (C=O) groups excluding carboxylic acids is 1. The maximum absolute atomic E-state index is 11.3. The standard InChI is InChI=1S/C18H22BNO4/c1-14-6-9-23-12-17(19)15(11-20(13-21)16-4-5-16)10-18(14)24-8-3-7-22-2/h4,6,9-10,12-13H,3,5,7-8,11H2,1-2H3. The van der Waals surface area contributed by atoms with Gasteiger partial charge in [0.05, 0.1) is 19.1 Å². The number of hydrogen-bond donors (Lipinski definition) is 0. The number of aryl methyl sites for hydroxylation is 1. The Hall–Kier alpha value is -2.21. The van der Waals surface area contributed by atoms with Crippen LogP contribution in [-0.4, -0.2) is 39.5 Å². The SMILES string of the molecule is [B]c1coccc(C)c(OCCCOC)cc1CN(C=O)C1=CC1. The third-order valence-electron chi connectivity index (χ3n) is 3.63. The maximum atomic E-state index is 11.3. The van der Waals surface area contributed by atoms with Crippen LogP contribution < -0.4 is 10.2 Å². The molecule has 6 heteroatoms. The Bertz CT molecular complexity index is 653. The van der Waals surface area contributed by atoms with Crippen LogP contribution >= 0.6 is 0 Å². The summed E-state index contributed by atoms with van der Waals surface area (Å²) in [7, 11) is 7.76. The number of amides is 1. The number of allylic oxidation sites excluding steroid dienone is 2. The van der Waals surface area contributed by atoms with Crippen LogP contribution in [0.25, 0.3) is 0 Å². The van der Waals surface area contributed by atoms with E-state index >= 15 is 0 Å². The Labute approximate surface area is 144 Å². The van der Waals surface area contributed by atoms with Crippen molar-refractivity contribution >= 4 is 19.7 Å². The molecule has 1 aliphatic rings. The van der Waals surface area contributed by atoms with E-state index in [2.05, 4.69) is 0 Å². The van der Waals surface area contributed by atoms with Crippen molar-refractivity contribution in [1.82, 2.24) is 4.90 Å². The van der Waals surface area contributed by atoms with Crippen molar-refractivity contribution in [1.29, 1.82) is 0 Å². The van der Waals surface area contributed by atoms with Crippen LogP contribution in [0.1, 0.15) is 24.0 Å². The quantitative estimate of drug-likeness (QED) is 0.396. The summed E-state index contributed by atoms with van der Waals surface area (Å²) in [4.78, 5) is 12.9. The van der Waals surface area contributed by atoms with Gasteiger partial charge >= 0.3 is 0 Å². The van der Waals surface area contributed by atoms with Gasteiger partial charge in [-0.3, -0.25) is 4.79 Å². The molecule has 0 saturated heterocycles. The van der Waals surface area contributed by atoms with Gasteiger partial charge in [-0.15, -0.1) is 0 Å². The highest BCUT2D eigenvalue weighted by Crippen LogP contribution is 2.24. The van der Waals surface area contributed by atoms with Crippen molar-refractivity contribution in [3.63, 3.8) is 0 Å². The summed E-state index contributed by atoms with van der Waals surface area (Å²) in [5.74, 6) is 0.704. The molecule has 0 aromatic carbocycles. The average Bonchev–Trinajstić information content (AvgIpc) is 3.40. The molecule has 0 N–H and O–H groups in total. The molecule has 0 unspecified atom stereocenters. The molecule has 2 rings (SSSR count). The molecule has 1 amide bonds. The summed E-state index contributed by atoms with van der Waals surface area (Å²) in [6.07, 6.45) is 7.45. The van der Waals surface area contributed by atoms with Crippen molar-refractivity contribution in [3.05, 3.63) is 47.6 Å². The largest absolute Gasteiger partial charge is 0.493 e. The molecule has 1 aliphatic carbocycles. The van der Waals surface area contributed by atoms with Gasteiger partial charge in [0.2, 0.25) is 6.41 Å². The van der Waals surface area contributed by atoms with Crippen LogP contribution in [0.4, 0.5) is 0 Å². The van der Waals surface area contributed by atoms with Gasteiger partial charge in [-0.2, -0.15) is 0 Å². The first kappa shape index (κ1) is 18.1. The van der Waals surface area contributed by atoms with Gasteiger partial charge in [0, 0.05) is 38.8 Å². The van der Waals surface area contributed by atoms with Gasteiger partial charge in [0.1, 0.15) is 13.6 Å². The minimum Gasteiger partial charge on any atom is -0.493 e. The summed E-state index contributed by atoms with van der Waals surface area (Å²) in [5, 5.41) is 0. The lowest BCUT2D eigenvalue weighted by Crippen LogP contribution is -2.21. The fraction of sp³-hybridized carbons (Fsp3) is 0.389. The van der Waals surface area contributed by atoms with Crippen LogP contribution in [-0.2, 0) is 16.1 Å². The number of ether oxygens (including phenoxy) is 2. The van der Waals surface area contributed by atoms with E-state index in [0.717, 1.165) is 36.1 Å². The van der Waals surface area contributed by atoms with Crippen molar-refractivity contribution in [3.8, 4) is 5.75 Å². The van der Waals surface area contributed by atoms with Gasteiger partial charge in [-0.25, -0.2) is 0 Å². The molecular formula is C18H22BNO4. The maximum Gasteiger partial charge on any atom is 0.214 e. The van der Waals surface area contributed by atoms with Gasteiger partial charge in [-0.1, -0.05) is 11.5 Å². The first-order valence-electron chi connectivity index (χ1n) is 7.88. The highest BCUT2D eigenvalue weighted by molar-refractivity contribution is 6.33. The van der Waals surface area contributed by atoms with Crippen molar-refractivity contribution in [2.24, 2.45) is 0 Å². The Morgan fingerprint density at radius 1 is 1.42 bits per heavy atom. The van der Waals surface area contributed by atoms with Crippen LogP contribution in [0.15, 0.2) is 40.8 Å². The number of rotatable bonds is 9. The fourth-order valence-electron chi connectivity index (χ4n) is 2.12. The summed E-state index contributed by atoms with van der Waals surface area (Å²) in [5.41, 5.74) is 3.14. The van der Waals surface area contributed by atoms with Crippen molar-refractivity contribution in [2.45, 2.75) is 26.3 Å². The minimum absolute atomic E-state index is 0.374. The smallest absolute Gasteiger partial charge is 0.214 e. The van der Waals surface area contributed by atoms with Crippen LogP contribution in [0.5, 0.6) is 5.75 Å². The second-order valence-corrected chi connectivity index (χ2v) is 5.56. The van der Waals surface area contributed by atoms with E-state index < -0.39 is 0 Å². The number of methoxy groups -OCH3 is 1. The van der Waals surface area contributed by atoms with Crippen LogP contribution in [0.2, 0.25) is 0 Å². The number of nitrogens with zero attached hydrogens (tertiary/aromatic N) is 1. The Morgan fingerprint density at radius 2 is 2.21 bits per heavy atom.